The SMILES string of the molecule is CCOc1ccc(N)c(S(=O)CCS(=O)(=O)C(C)(C)C)c1. The van der Waals surface area contributed by atoms with Crippen molar-refractivity contribution < 1.29 is 17.4 Å². The van der Waals surface area contributed by atoms with Crippen molar-refractivity contribution in [1.29, 1.82) is 0 Å². The van der Waals surface area contributed by atoms with Crippen LogP contribution >= 0.6 is 0 Å². The lowest BCUT2D eigenvalue weighted by Crippen LogP contribution is -2.32. The van der Waals surface area contributed by atoms with Crippen molar-refractivity contribution >= 4 is 26.3 Å². The second kappa shape index (κ2) is 6.79. The lowest BCUT2D eigenvalue weighted by atomic mass is 10.3. The summed E-state index contributed by atoms with van der Waals surface area (Å²) in [5.74, 6) is 0.467. The zero-order valence-corrected chi connectivity index (χ0v) is 14.5. The molecule has 0 saturated heterocycles. The van der Waals surface area contributed by atoms with Crippen LogP contribution in [0.4, 0.5) is 5.69 Å². The van der Waals surface area contributed by atoms with Crippen molar-refractivity contribution in [3.63, 3.8) is 0 Å². The van der Waals surface area contributed by atoms with Crippen LogP contribution in [-0.2, 0) is 20.6 Å². The third-order valence-electron chi connectivity index (χ3n) is 3.01. The molecule has 21 heavy (non-hydrogen) atoms. The van der Waals surface area contributed by atoms with Gasteiger partial charge in [0.2, 0.25) is 0 Å². The van der Waals surface area contributed by atoms with Gasteiger partial charge in [0.1, 0.15) is 5.75 Å². The smallest absolute Gasteiger partial charge is 0.156 e. The fourth-order valence-corrected chi connectivity index (χ4v) is 4.46. The number of nitrogen functional groups attached to an aromatic ring is 1. The quantitative estimate of drug-likeness (QED) is 0.805. The summed E-state index contributed by atoms with van der Waals surface area (Å²) < 4.78 is 40.9. The van der Waals surface area contributed by atoms with Gasteiger partial charge in [-0.3, -0.25) is 4.21 Å². The molecule has 0 saturated carbocycles. The summed E-state index contributed by atoms with van der Waals surface area (Å²) in [6.45, 7) is 7.25. The molecule has 0 aromatic heterocycles. The maximum atomic E-state index is 12.3. The van der Waals surface area contributed by atoms with Gasteiger partial charge < -0.3 is 10.5 Å². The van der Waals surface area contributed by atoms with E-state index in [-0.39, 0.29) is 11.5 Å². The van der Waals surface area contributed by atoms with Crippen LogP contribution in [0.25, 0.3) is 0 Å². The minimum absolute atomic E-state index is 0.0272. The molecule has 0 radical (unpaired) electrons. The largest absolute Gasteiger partial charge is 0.494 e. The van der Waals surface area contributed by atoms with Crippen LogP contribution < -0.4 is 10.5 Å². The molecule has 120 valence electrons. The number of anilines is 1. The molecule has 0 aliphatic carbocycles. The van der Waals surface area contributed by atoms with E-state index in [1.165, 1.54) is 0 Å². The van der Waals surface area contributed by atoms with E-state index in [9.17, 15) is 12.6 Å². The molecule has 7 heteroatoms. The van der Waals surface area contributed by atoms with Gasteiger partial charge in [-0.2, -0.15) is 0 Å². The number of nitrogens with two attached hydrogens (primary N) is 1. The minimum atomic E-state index is -3.30. The Balaban J connectivity index is 2.88. The molecule has 0 aliphatic rings. The van der Waals surface area contributed by atoms with E-state index in [4.69, 9.17) is 10.5 Å². The van der Waals surface area contributed by atoms with Crippen molar-refractivity contribution in [3.8, 4) is 5.75 Å². The predicted octanol–water partition coefficient (Wildman–Crippen LogP) is 1.99. The molecule has 2 N–H and O–H groups in total. The van der Waals surface area contributed by atoms with Gasteiger partial charge in [0.25, 0.3) is 0 Å². The van der Waals surface area contributed by atoms with Crippen molar-refractivity contribution in [2.24, 2.45) is 0 Å². The van der Waals surface area contributed by atoms with Gasteiger partial charge in [0.05, 0.1) is 32.8 Å². The number of rotatable bonds is 6. The average Bonchev–Trinajstić information content (AvgIpc) is 2.37. The van der Waals surface area contributed by atoms with Crippen LogP contribution in [-0.4, -0.2) is 35.5 Å². The normalized spacial score (nSPS) is 13.9. The summed E-state index contributed by atoms with van der Waals surface area (Å²) in [5, 5.41) is 0. The zero-order chi connectivity index (χ0) is 16.3. The van der Waals surface area contributed by atoms with Crippen molar-refractivity contribution in [1.82, 2.24) is 0 Å². The average molecular weight is 333 g/mol. The van der Waals surface area contributed by atoms with Crippen LogP contribution in [0.5, 0.6) is 5.75 Å². The number of benzene rings is 1. The van der Waals surface area contributed by atoms with E-state index in [2.05, 4.69) is 0 Å². The summed E-state index contributed by atoms with van der Waals surface area (Å²) in [7, 11) is -4.77. The minimum Gasteiger partial charge on any atom is -0.494 e. The highest BCUT2D eigenvalue weighted by molar-refractivity contribution is 7.94. The summed E-state index contributed by atoms with van der Waals surface area (Å²) >= 11 is 0. The van der Waals surface area contributed by atoms with Gasteiger partial charge in [0.15, 0.2) is 9.84 Å². The molecule has 0 heterocycles. The zero-order valence-electron chi connectivity index (χ0n) is 12.9. The Morgan fingerprint density at radius 3 is 2.43 bits per heavy atom. The lowest BCUT2D eigenvalue weighted by Gasteiger charge is -2.19. The Morgan fingerprint density at radius 2 is 1.90 bits per heavy atom. The number of sulfone groups is 1. The first-order valence-corrected chi connectivity index (χ1v) is 9.68. The van der Waals surface area contributed by atoms with E-state index in [1.807, 2.05) is 6.92 Å². The van der Waals surface area contributed by atoms with Gasteiger partial charge in [-0.05, 0) is 45.9 Å². The molecule has 0 aliphatic heterocycles. The Labute approximate surface area is 129 Å². The lowest BCUT2D eigenvalue weighted by molar-refractivity contribution is 0.339. The molecule has 0 amide bonds. The molecule has 1 atom stereocenters. The highest BCUT2D eigenvalue weighted by Crippen LogP contribution is 2.24. The van der Waals surface area contributed by atoms with Crippen LogP contribution in [0.2, 0.25) is 0 Å². The molecular formula is C14H23NO4S2. The maximum absolute atomic E-state index is 12.3. The van der Waals surface area contributed by atoms with Crippen molar-refractivity contribution in [2.75, 3.05) is 23.8 Å². The molecule has 1 rings (SSSR count). The van der Waals surface area contributed by atoms with Crippen LogP contribution in [0.15, 0.2) is 23.1 Å². The predicted molar refractivity (Wildman–Crippen MR) is 86.8 cm³/mol. The van der Waals surface area contributed by atoms with Gasteiger partial charge in [0, 0.05) is 11.4 Å². The Bertz CT molecular complexity index is 618. The van der Waals surface area contributed by atoms with E-state index in [0.29, 0.717) is 22.9 Å². The molecule has 1 aromatic carbocycles. The molecular weight excluding hydrogens is 310 g/mol. The molecule has 5 nitrogen and oxygen atoms in total. The second-order valence-corrected chi connectivity index (χ2v) is 10.0. The summed E-state index contributed by atoms with van der Waals surface area (Å²) in [4.78, 5) is 0.421. The van der Waals surface area contributed by atoms with Crippen molar-refractivity contribution in [3.05, 3.63) is 18.2 Å². The van der Waals surface area contributed by atoms with Gasteiger partial charge in [-0.25, -0.2) is 8.42 Å². The van der Waals surface area contributed by atoms with Gasteiger partial charge in [-0.15, -0.1) is 0 Å². The number of hydrogen-bond acceptors (Lipinski definition) is 5. The van der Waals surface area contributed by atoms with E-state index in [1.54, 1.807) is 39.0 Å². The van der Waals surface area contributed by atoms with E-state index in [0.717, 1.165) is 0 Å². The first-order chi connectivity index (χ1) is 9.58. The van der Waals surface area contributed by atoms with Crippen molar-refractivity contribution in [2.45, 2.75) is 37.3 Å². The fraction of sp³-hybridized carbons (Fsp3) is 0.571. The summed E-state index contributed by atoms with van der Waals surface area (Å²) in [5.41, 5.74) is 6.19. The maximum Gasteiger partial charge on any atom is 0.156 e. The van der Waals surface area contributed by atoms with E-state index >= 15 is 0 Å². The second-order valence-electron chi connectivity index (χ2n) is 5.61. The molecule has 1 aromatic rings. The molecule has 1 unspecified atom stereocenters. The molecule has 0 spiro atoms. The van der Waals surface area contributed by atoms with Gasteiger partial charge in [-0.1, -0.05) is 0 Å². The number of hydrogen-bond donors (Lipinski definition) is 1. The Morgan fingerprint density at radius 1 is 1.29 bits per heavy atom. The van der Waals surface area contributed by atoms with E-state index < -0.39 is 25.4 Å². The standard InChI is InChI=1S/C14H23NO4S2/c1-5-19-11-6-7-12(15)13(10-11)20(16)8-9-21(17,18)14(2,3)4/h6-7,10H,5,8-9,15H2,1-4H3. The Hall–Kier alpha value is -1.08. The molecule has 0 fully saturated rings. The number of ether oxygens (including phenoxy) is 1. The first-order valence-electron chi connectivity index (χ1n) is 6.71. The summed E-state index contributed by atoms with van der Waals surface area (Å²) in [6.07, 6.45) is 0. The third kappa shape index (κ3) is 4.71. The van der Waals surface area contributed by atoms with Crippen LogP contribution in [0, 0.1) is 0 Å². The Kier molecular flexibility index (Phi) is 5.81. The fourth-order valence-electron chi connectivity index (χ4n) is 1.57. The monoisotopic (exact) mass is 333 g/mol. The van der Waals surface area contributed by atoms with Gasteiger partial charge >= 0.3 is 0 Å². The topological polar surface area (TPSA) is 86.5 Å². The van der Waals surface area contributed by atoms with Crippen LogP contribution in [0.1, 0.15) is 27.7 Å². The summed E-state index contributed by atoms with van der Waals surface area (Å²) in [6, 6.07) is 4.93. The molecule has 0 bridgehead atoms. The van der Waals surface area contributed by atoms with Crippen LogP contribution in [0.3, 0.4) is 0 Å². The highest BCUT2D eigenvalue weighted by Gasteiger charge is 2.29. The first kappa shape index (κ1) is 18.0. The highest BCUT2D eigenvalue weighted by atomic mass is 32.2. The third-order valence-corrected chi connectivity index (χ3v) is 7.30.